The maximum atomic E-state index is 12.8. The van der Waals surface area contributed by atoms with E-state index in [-0.39, 0.29) is 22.8 Å². The van der Waals surface area contributed by atoms with Crippen LogP contribution in [0.1, 0.15) is 30.1 Å². The molecule has 1 aliphatic carbocycles. The first-order chi connectivity index (χ1) is 15.0. The van der Waals surface area contributed by atoms with Gasteiger partial charge < -0.3 is 21.4 Å². The summed E-state index contributed by atoms with van der Waals surface area (Å²) in [5.74, 6) is 0.685. The molecule has 5 rings (SSSR count). The Hall–Kier alpha value is -2.62. The van der Waals surface area contributed by atoms with Crippen molar-refractivity contribution >= 4 is 35.0 Å². The average molecular weight is 456 g/mol. The number of hydrogen-bond donors (Lipinski definition) is 3. The minimum Gasteiger partial charge on any atom is -0.382 e. The van der Waals surface area contributed by atoms with Crippen LogP contribution in [0.4, 0.5) is 11.6 Å². The minimum absolute atomic E-state index is 0.00770. The van der Waals surface area contributed by atoms with Crippen molar-refractivity contribution in [2.45, 2.75) is 35.2 Å². The molecule has 4 heterocycles. The van der Waals surface area contributed by atoms with Crippen LogP contribution < -0.4 is 21.9 Å². The highest BCUT2D eigenvalue weighted by molar-refractivity contribution is 7.99. The number of fused-ring (bicyclic) bond motifs is 1. The Morgan fingerprint density at radius 1 is 1.19 bits per heavy atom. The Labute approximate surface area is 188 Å². The van der Waals surface area contributed by atoms with Gasteiger partial charge >= 0.3 is 0 Å². The summed E-state index contributed by atoms with van der Waals surface area (Å²) in [7, 11) is 0. The SMILES string of the molecule is Nc1nccc(Sc2cnc(N3CCC4(CC3)Cc3ncccc3[C@H]4N)c(=O)[nH]2)c1Cl. The van der Waals surface area contributed by atoms with E-state index in [1.165, 1.54) is 11.8 Å². The van der Waals surface area contributed by atoms with Crippen LogP contribution >= 0.6 is 23.4 Å². The highest BCUT2D eigenvalue weighted by atomic mass is 35.5. The number of aromatic amines is 1. The second-order valence-corrected chi connectivity index (χ2v) is 9.52. The van der Waals surface area contributed by atoms with Gasteiger partial charge in [-0.2, -0.15) is 0 Å². The third-order valence-electron chi connectivity index (χ3n) is 6.34. The predicted molar refractivity (Wildman–Crippen MR) is 121 cm³/mol. The summed E-state index contributed by atoms with van der Waals surface area (Å²) in [6.45, 7) is 1.47. The summed E-state index contributed by atoms with van der Waals surface area (Å²) < 4.78 is 0. The number of hydrogen-bond acceptors (Lipinski definition) is 8. The Balaban J connectivity index is 1.30. The number of nitrogens with two attached hydrogens (primary N) is 2. The molecule has 0 saturated carbocycles. The molecule has 3 aromatic rings. The van der Waals surface area contributed by atoms with E-state index in [1.54, 1.807) is 18.5 Å². The fraction of sp³-hybridized carbons (Fsp3) is 0.333. The number of H-pyrrole nitrogens is 1. The van der Waals surface area contributed by atoms with E-state index >= 15 is 0 Å². The molecule has 0 radical (unpaired) electrons. The zero-order valence-corrected chi connectivity index (χ0v) is 18.3. The molecule has 160 valence electrons. The van der Waals surface area contributed by atoms with Gasteiger partial charge in [0, 0.05) is 42.1 Å². The lowest BCUT2D eigenvalue weighted by molar-refractivity contribution is 0.186. The van der Waals surface area contributed by atoms with Crippen LogP contribution in [0, 0.1) is 5.41 Å². The Morgan fingerprint density at radius 2 is 2.00 bits per heavy atom. The third-order valence-corrected chi connectivity index (χ3v) is 7.84. The third kappa shape index (κ3) is 3.56. The van der Waals surface area contributed by atoms with E-state index in [0.29, 0.717) is 20.8 Å². The van der Waals surface area contributed by atoms with Gasteiger partial charge in [0.25, 0.3) is 5.56 Å². The first-order valence-corrected chi connectivity index (χ1v) is 11.3. The maximum absolute atomic E-state index is 12.8. The summed E-state index contributed by atoms with van der Waals surface area (Å²) in [5.41, 5.74) is 14.4. The van der Waals surface area contributed by atoms with Crippen LogP contribution in [-0.2, 0) is 6.42 Å². The standard InChI is InChI=1S/C21H22ClN7OS/c22-16-14(3-7-26-18(16)24)31-15-11-27-19(20(30)28-15)29-8-4-21(5-9-29)10-13-12(17(21)23)2-1-6-25-13/h1-3,6-7,11,17H,4-5,8-10,23H2,(H2,24,26)(H,28,30)/t17-/m1/s1. The van der Waals surface area contributed by atoms with Crippen molar-refractivity contribution in [1.82, 2.24) is 19.9 Å². The number of piperidine rings is 1. The average Bonchev–Trinajstić information content (AvgIpc) is 3.04. The highest BCUT2D eigenvalue weighted by Gasteiger charge is 2.46. The van der Waals surface area contributed by atoms with E-state index in [4.69, 9.17) is 23.1 Å². The Bertz CT molecular complexity index is 1190. The summed E-state index contributed by atoms with van der Waals surface area (Å²) in [5, 5.41) is 0.955. The van der Waals surface area contributed by atoms with Gasteiger partial charge in [-0.3, -0.25) is 9.78 Å². The van der Waals surface area contributed by atoms with E-state index in [0.717, 1.165) is 43.6 Å². The van der Waals surface area contributed by atoms with E-state index in [2.05, 4.69) is 26.0 Å². The van der Waals surface area contributed by atoms with Crippen molar-refractivity contribution in [2.24, 2.45) is 11.1 Å². The van der Waals surface area contributed by atoms with E-state index < -0.39 is 0 Å². The van der Waals surface area contributed by atoms with Crippen LogP contribution in [0.3, 0.4) is 0 Å². The number of pyridine rings is 2. The molecule has 0 unspecified atom stereocenters. The highest BCUT2D eigenvalue weighted by Crippen LogP contribution is 2.50. The van der Waals surface area contributed by atoms with Crippen molar-refractivity contribution in [3.8, 4) is 0 Å². The van der Waals surface area contributed by atoms with Crippen molar-refractivity contribution < 1.29 is 0 Å². The quantitative estimate of drug-likeness (QED) is 0.550. The first kappa shape index (κ1) is 20.3. The van der Waals surface area contributed by atoms with Crippen molar-refractivity contribution in [3.63, 3.8) is 0 Å². The first-order valence-electron chi connectivity index (χ1n) is 10.1. The Morgan fingerprint density at radius 3 is 2.74 bits per heavy atom. The summed E-state index contributed by atoms with van der Waals surface area (Å²) in [6.07, 6.45) is 7.75. The molecule has 2 aliphatic rings. The van der Waals surface area contributed by atoms with Crippen LogP contribution in [0.15, 0.2) is 51.5 Å². The van der Waals surface area contributed by atoms with Crippen LogP contribution in [0.2, 0.25) is 5.02 Å². The Kier molecular flexibility index (Phi) is 5.11. The fourth-order valence-electron chi connectivity index (χ4n) is 4.60. The number of aromatic nitrogens is 4. The van der Waals surface area contributed by atoms with Crippen LogP contribution in [0.25, 0.3) is 0 Å². The number of nitrogens with zero attached hydrogens (tertiary/aromatic N) is 4. The topological polar surface area (TPSA) is 127 Å². The molecule has 5 N–H and O–H groups in total. The fourth-order valence-corrected chi connectivity index (χ4v) is 5.64. The molecule has 0 bridgehead atoms. The molecule has 1 aliphatic heterocycles. The number of halogens is 1. The van der Waals surface area contributed by atoms with Gasteiger partial charge in [-0.15, -0.1) is 0 Å². The van der Waals surface area contributed by atoms with E-state index in [9.17, 15) is 4.79 Å². The summed E-state index contributed by atoms with van der Waals surface area (Å²) >= 11 is 7.49. The molecular weight excluding hydrogens is 434 g/mol. The second-order valence-electron chi connectivity index (χ2n) is 8.05. The van der Waals surface area contributed by atoms with Crippen molar-refractivity contribution in [1.29, 1.82) is 0 Å². The number of nitrogen functional groups attached to an aromatic ring is 1. The molecule has 10 heteroatoms. The summed E-state index contributed by atoms with van der Waals surface area (Å²) in [6, 6.07) is 5.76. The summed E-state index contributed by atoms with van der Waals surface area (Å²) in [4.78, 5) is 31.3. The molecule has 3 aromatic heterocycles. The zero-order chi connectivity index (χ0) is 21.6. The molecule has 1 atom stereocenters. The van der Waals surface area contributed by atoms with Gasteiger partial charge in [0.2, 0.25) is 0 Å². The molecule has 0 amide bonds. The number of nitrogens with one attached hydrogen (secondary N) is 1. The number of rotatable bonds is 3. The second kappa shape index (κ2) is 7.81. The van der Waals surface area contributed by atoms with Crippen LogP contribution in [0.5, 0.6) is 0 Å². The van der Waals surface area contributed by atoms with E-state index in [1.807, 2.05) is 17.2 Å². The molecular formula is C21H22ClN7OS. The largest absolute Gasteiger partial charge is 0.382 e. The lowest BCUT2D eigenvalue weighted by Gasteiger charge is -2.42. The van der Waals surface area contributed by atoms with Crippen LogP contribution in [-0.4, -0.2) is 33.0 Å². The van der Waals surface area contributed by atoms with Gasteiger partial charge in [-0.1, -0.05) is 29.4 Å². The normalized spacial score (nSPS) is 19.5. The van der Waals surface area contributed by atoms with Gasteiger partial charge in [-0.05, 0) is 42.4 Å². The maximum Gasteiger partial charge on any atom is 0.291 e. The molecule has 1 fully saturated rings. The lowest BCUT2D eigenvalue weighted by Crippen LogP contribution is -2.46. The van der Waals surface area contributed by atoms with Crippen molar-refractivity contribution in [2.75, 3.05) is 23.7 Å². The lowest BCUT2D eigenvalue weighted by atomic mass is 9.73. The van der Waals surface area contributed by atoms with Gasteiger partial charge in [0.05, 0.1) is 16.2 Å². The minimum atomic E-state index is -0.222. The monoisotopic (exact) mass is 455 g/mol. The number of anilines is 2. The molecule has 1 spiro atoms. The zero-order valence-electron chi connectivity index (χ0n) is 16.7. The van der Waals surface area contributed by atoms with Gasteiger partial charge in [0.15, 0.2) is 5.82 Å². The predicted octanol–water partition coefficient (Wildman–Crippen LogP) is 2.79. The van der Waals surface area contributed by atoms with Crippen molar-refractivity contribution in [3.05, 3.63) is 63.4 Å². The van der Waals surface area contributed by atoms with Gasteiger partial charge in [-0.25, -0.2) is 9.97 Å². The van der Waals surface area contributed by atoms with Gasteiger partial charge in [0.1, 0.15) is 5.82 Å². The molecule has 1 saturated heterocycles. The molecule has 31 heavy (non-hydrogen) atoms. The molecule has 0 aromatic carbocycles. The molecule has 8 nitrogen and oxygen atoms in total. The smallest absolute Gasteiger partial charge is 0.291 e.